The zero-order valence-corrected chi connectivity index (χ0v) is 13.1. The molecule has 100 valence electrons. The molecule has 0 aliphatic heterocycles. The largest absolute Gasteiger partial charge is 0.480 e. The Morgan fingerprint density at radius 1 is 1.56 bits per heavy atom. The van der Waals surface area contributed by atoms with Crippen LogP contribution in [0.5, 0.6) is 0 Å². The van der Waals surface area contributed by atoms with Crippen molar-refractivity contribution in [2.45, 2.75) is 36.0 Å². The number of carboxylic acid groups (broad SMARTS) is 1. The van der Waals surface area contributed by atoms with Gasteiger partial charge in [0.05, 0.1) is 0 Å². The Labute approximate surface area is 120 Å². The summed E-state index contributed by atoms with van der Waals surface area (Å²) in [5.74, 6) is -0.815. The fourth-order valence-corrected chi connectivity index (χ4v) is 3.42. The van der Waals surface area contributed by atoms with E-state index in [9.17, 15) is 9.90 Å². The maximum atomic E-state index is 11.2. The van der Waals surface area contributed by atoms with E-state index in [4.69, 9.17) is 0 Å². The van der Waals surface area contributed by atoms with E-state index < -0.39 is 11.5 Å². The van der Waals surface area contributed by atoms with Crippen LogP contribution >= 0.6 is 27.7 Å². The number of hydrogen-bond acceptors (Lipinski definition) is 3. The molecule has 0 aliphatic rings. The Balaban J connectivity index is 2.70. The molecule has 5 heteroatoms. The molecule has 3 nitrogen and oxygen atoms in total. The van der Waals surface area contributed by atoms with Gasteiger partial charge in [-0.3, -0.25) is 4.79 Å². The summed E-state index contributed by atoms with van der Waals surface area (Å²) >= 11 is 5.18. The molecule has 1 aromatic carbocycles. The van der Waals surface area contributed by atoms with Crippen molar-refractivity contribution in [2.75, 3.05) is 7.05 Å². The van der Waals surface area contributed by atoms with Gasteiger partial charge in [-0.15, -0.1) is 11.8 Å². The van der Waals surface area contributed by atoms with Crippen LogP contribution in [0.4, 0.5) is 0 Å². The molecular formula is C13H18BrNO2S. The van der Waals surface area contributed by atoms with E-state index >= 15 is 0 Å². The van der Waals surface area contributed by atoms with Gasteiger partial charge in [0.1, 0.15) is 5.54 Å². The zero-order valence-electron chi connectivity index (χ0n) is 10.7. The number of carbonyl (C=O) groups is 1. The molecule has 2 N–H and O–H groups in total. The minimum Gasteiger partial charge on any atom is -0.480 e. The van der Waals surface area contributed by atoms with Gasteiger partial charge in [-0.25, -0.2) is 0 Å². The third kappa shape index (κ3) is 4.00. The molecule has 0 aliphatic carbocycles. The predicted octanol–water partition coefficient (Wildman–Crippen LogP) is 3.38. The van der Waals surface area contributed by atoms with Crippen molar-refractivity contribution in [1.29, 1.82) is 0 Å². The first-order chi connectivity index (χ1) is 8.39. The molecule has 2 atom stereocenters. The van der Waals surface area contributed by atoms with Crippen LogP contribution in [0, 0.1) is 0 Å². The van der Waals surface area contributed by atoms with Gasteiger partial charge in [-0.05, 0) is 48.5 Å². The molecule has 0 radical (unpaired) electrons. The Morgan fingerprint density at radius 3 is 2.67 bits per heavy atom. The van der Waals surface area contributed by atoms with E-state index in [0.717, 1.165) is 9.37 Å². The van der Waals surface area contributed by atoms with Crippen molar-refractivity contribution in [3.05, 3.63) is 28.7 Å². The van der Waals surface area contributed by atoms with Gasteiger partial charge in [0.2, 0.25) is 0 Å². The van der Waals surface area contributed by atoms with Crippen molar-refractivity contribution in [1.82, 2.24) is 5.32 Å². The molecule has 0 heterocycles. The van der Waals surface area contributed by atoms with Crippen molar-refractivity contribution in [2.24, 2.45) is 0 Å². The molecule has 1 aromatic rings. The second kappa shape index (κ2) is 6.59. The van der Waals surface area contributed by atoms with E-state index in [1.165, 1.54) is 0 Å². The highest BCUT2D eigenvalue weighted by Gasteiger charge is 2.33. The fraction of sp³-hybridized carbons (Fsp3) is 0.462. The number of carboxylic acids is 1. The van der Waals surface area contributed by atoms with Gasteiger partial charge in [0.25, 0.3) is 0 Å². The Morgan fingerprint density at radius 2 is 2.17 bits per heavy atom. The summed E-state index contributed by atoms with van der Waals surface area (Å²) in [6, 6.07) is 7.97. The molecule has 1 rings (SSSR count). The molecule has 2 unspecified atom stereocenters. The first kappa shape index (κ1) is 15.5. The third-order valence-corrected chi connectivity index (χ3v) is 5.02. The maximum absolute atomic E-state index is 11.2. The zero-order chi connectivity index (χ0) is 13.8. The summed E-state index contributed by atoms with van der Waals surface area (Å²) in [4.78, 5) is 12.4. The lowest BCUT2D eigenvalue weighted by Gasteiger charge is -2.27. The maximum Gasteiger partial charge on any atom is 0.323 e. The van der Waals surface area contributed by atoms with Gasteiger partial charge in [-0.1, -0.05) is 19.1 Å². The molecule has 0 spiro atoms. The molecular weight excluding hydrogens is 314 g/mol. The molecule has 0 saturated carbocycles. The quantitative estimate of drug-likeness (QED) is 0.784. The number of hydrogen-bond donors (Lipinski definition) is 2. The van der Waals surface area contributed by atoms with E-state index in [1.807, 2.05) is 31.2 Å². The van der Waals surface area contributed by atoms with Gasteiger partial charge >= 0.3 is 5.97 Å². The summed E-state index contributed by atoms with van der Waals surface area (Å²) in [6.07, 6.45) is 0.560. The van der Waals surface area contributed by atoms with Crippen molar-refractivity contribution >= 4 is 33.7 Å². The van der Waals surface area contributed by atoms with Gasteiger partial charge < -0.3 is 10.4 Å². The number of halogens is 1. The predicted molar refractivity (Wildman–Crippen MR) is 79.2 cm³/mol. The van der Waals surface area contributed by atoms with Crippen LogP contribution in [0.3, 0.4) is 0 Å². The lowest BCUT2D eigenvalue weighted by molar-refractivity contribution is -0.144. The number of rotatable bonds is 6. The Hall–Kier alpha value is -0.520. The van der Waals surface area contributed by atoms with Crippen LogP contribution in [-0.2, 0) is 4.79 Å². The first-order valence-corrected chi connectivity index (χ1v) is 7.40. The lowest BCUT2D eigenvalue weighted by atomic mass is 9.96. The van der Waals surface area contributed by atoms with E-state index in [1.54, 1.807) is 25.7 Å². The lowest BCUT2D eigenvalue weighted by Crippen LogP contribution is -2.49. The fourth-order valence-electron chi connectivity index (χ4n) is 1.67. The second-order valence-corrected chi connectivity index (χ2v) is 6.78. The molecule has 0 amide bonds. The normalized spacial score (nSPS) is 16.0. The average molecular weight is 332 g/mol. The Bertz CT molecular complexity index is 427. The summed E-state index contributed by atoms with van der Waals surface area (Å²) in [6.45, 7) is 3.76. The van der Waals surface area contributed by atoms with Crippen molar-refractivity contribution in [3.8, 4) is 0 Å². The minimum absolute atomic E-state index is 0.206. The topological polar surface area (TPSA) is 49.3 Å². The Kier molecular flexibility index (Phi) is 5.69. The highest BCUT2D eigenvalue weighted by Crippen LogP contribution is 2.33. The smallest absolute Gasteiger partial charge is 0.323 e. The minimum atomic E-state index is -0.881. The van der Waals surface area contributed by atoms with Crippen molar-refractivity contribution in [3.63, 3.8) is 0 Å². The van der Waals surface area contributed by atoms with E-state index in [-0.39, 0.29) is 5.25 Å². The first-order valence-electron chi connectivity index (χ1n) is 5.72. The molecule has 0 aromatic heterocycles. The van der Waals surface area contributed by atoms with E-state index in [0.29, 0.717) is 6.42 Å². The number of nitrogens with one attached hydrogen (secondary N) is 1. The van der Waals surface area contributed by atoms with Crippen LogP contribution < -0.4 is 5.32 Å². The van der Waals surface area contributed by atoms with Crippen LogP contribution in [-0.4, -0.2) is 28.9 Å². The van der Waals surface area contributed by atoms with Crippen LogP contribution in [0.25, 0.3) is 0 Å². The number of aliphatic carboxylic acids is 1. The van der Waals surface area contributed by atoms with Crippen LogP contribution in [0.2, 0.25) is 0 Å². The highest BCUT2D eigenvalue weighted by atomic mass is 79.9. The number of thioether (sulfide) groups is 1. The third-order valence-electron chi connectivity index (χ3n) is 2.88. The van der Waals surface area contributed by atoms with Gasteiger partial charge in [-0.2, -0.15) is 0 Å². The standard InChI is InChI=1S/C13H18BrNO2S/c1-9(8-13(2,15-3)12(16)17)18-11-7-5-4-6-10(11)14/h4-7,9,15H,8H2,1-3H3,(H,16,17). The number of likely N-dealkylation sites (N-methyl/N-ethyl adjacent to an activating group) is 1. The highest BCUT2D eigenvalue weighted by molar-refractivity contribution is 9.10. The van der Waals surface area contributed by atoms with E-state index in [2.05, 4.69) is 21.2 Å². The summed E-state index contributed by atoms with van der Waals surface area (Å²) in [5.41, 5.74) is -0.881. The van der Waals surface area contributed by atoms with Gasteiger partial charge in [0, 0.05) is 14.6 Å². The second-order valence-electron chi connectivity index (χ2n) is 4.45. The molecule has 0 fully saturated rings. The summed E-state index contributed by atoms with van der Waals surface area (Å²) in [5, 5.41) is 12.3. The van der Waals surface area contributed by atoms with Crippen LogP contribution in [0.15, 0.2) is 33.6 Å². The monoisotopic (exact) mass is 331 g/mol. The van der Waals surface area contributed by atoms with Crippen LogP contribution in [0.1, 0.15) is 20.3 Å². The average Bonchev–Trinajstić information content (AvgIpc) is 2.31. The van der Waals surface area contributed by atoms with Gasteiger partial charge in [0.15, 0.2) is 0 Å². The number of benzene rings is 1. The molecule has 0 saturated heterocycles. The molecule has 0 bridgehead atoms. The SMILES string of the molecule is CNC(C)(CC(C)Sc1ccccc1Br)C(=O)O. The summed E-state index contributed by atoms with van der Waals surface area (Å²) < 4.78 is 1.04. The molecule has 18 heavy (non-hydrogen) atoms. The van der Waals surface area contributed by atoms with Crippen molar-refractivity contribution < 1.29 is 9.90 Å². The summed E-state index contributed by atoms with van der Waals surface area (Å²) in [7, 11) is 1.68.